The normalized spacial score (nSPS) is 14.0. The third-order valence-corrected chi connectivity index (χ3v) is 5.70. The third kappa shape index (κ3) is 5.37. The van der Waals surface area contributed by atoms with Gasteiger partial charge in [-0.3, -0.25) is 19.7 Å². The van der Waals surface area contributed by atoms with E-state index in [1.165, 1.54) is 23.2 Å². The molecule has 10 heteroatoms. The number of hydrogen-bond acceptors (Lipinski definition) is 5. The Kier molecular flexibility index (Phi) is 6.78. The summed E-state index contributed by atoms with van der Waals surface area (Å²) in [7, 11) is 0. The Labute approximate surface area is 207 Å². The number of halogens is 1. The van der Waals surface area contributed by atoms with Gasteiger partial charge in [0.1, 0.15) is 11.4 Å². The Morgan fingerprint density at radius 3 is 2.33 bits per heavy atom. The predicted molar refractivity (Wildman–Crippen MR) is 131 cm³/mol. The van der Waals surface area contributed by atoms with Crippen molar-refractivity contribution in [1.82, 2.24) is 14.8 Å². The molecule has 1 saturated heterocycles. The van der Waals surface area contributed by atoms with Crippen LogP contribution in [0, 0.1) is 5.82 Å². The van der Waals surface area contributed by atoms with Crippen molar-refractivity contribution in [1.29, 1.82) is 0 Å². The molecular formula is C26H27FN4O5. The van der Waals surface area contributed by atoms with Crippen LogP contribution >= 0.6 is 0 Å². The van der Waals surface area contributed by atoms with Crippen LogP contribution in [0.5, 0.6) is 0 Å². The van der Waals surface area contributed by atoms with E-state index in [9.17, 15) is 23.6 Å². The second-order valence-corrected chi connectivity index (χ2v) is 9.49. The Balaban J connectivity index is 1.38. The number of H-pyrrole nitrogens is 1. The maximum atomic E-state index is 14.2. The molecule has 0 spiro atoms. The van der Waals surface area contributed by atoms with Gasteiger partial charge in [0.2, 0.25) is 0 Å². The van der Waals surface area contributed by atoms with Crippen molar-refractivity contribution >= 4 is 40.3 Å². The van der Waals surface area contributed by atoms with Crippen LogP contribution < -0.4 is 5.32 Å². The molecule has 3 aromatic rings. The number of carbonyl (C=O) groups excluding carboxylic acids is 4. The predicted octanol–water partition coefficient (Wildman–Crippen LogP) is 3.82. The highest BCUT2D eigenvalue weighted by Gasteiger charge is 2.30. The topological polar surface area (TPSA) is 112 Å². The number of nitrogens with zero attached hydrogens (tertiary/aromatic N) is 2. The lowest BCUT2D eigenvalue weighted by atomic mass is 10.1. The molecule has 4 rings (SSSR count). The lowest BCUT2D eigenvalue weighted by Crippen LogP contribution is -2.52. The van der Waals surface area contributed by atoms with E-state index in [4.69, 9.17) is 4.74 Å². The van der Waals surface area contributed by atoms with Gasteiger partial charge in [-0.25, -0.2) is 9.18 Å². The summed E-state index contributed by atoms with van der Waals surface area (Å²) in [6, 6.07) is 10.9. The summed E-state index contributed by atoms with van der Waals surface area (Å²) in [5, 5.41) is 2.70. The van der Waals surface area contributed by atoms with E-state index in [0.29, 0.717) is 16.8 Å². The van der Waals surface area contributed by atoms with Gasteiger partial charge in [-0.05, 0) is 51.1 Å². The first-order valence-corrected chi connectivity index (χ1v) is 11.5. The lowest BCUT2D eigenvalue weighted by Gasteiger charge is -2.34. The van der Waals surface area contributed by atoms with Crippen LogP contribution in [0.3, 0.4) is 0 Å². The number of carbonyl (C=O) groups is 4. The first-order valence-electron chi connectivity index (χ1n) is 11.5. The second kappa shape index (κ2) is 9.80. The molecule has 0 bridgehead atoms. The molecule has 0 saturated carbocycles. The van der Waals surface area contributed by atoms with Crippen molar-refractivity contribution in [3.63, 3.8) is 0 Å². The van der Waals surface area contributed by atoms with Crippen molar-refractivity contribution < 1.29 is 28.3 Å². The van der Waals surface area contributed by atoms with Crippen molar-refractivity contribution in [2.45, 2.75) is 26.4 Å². The monoisotopic (exact) mass is 494 g/mol. The van der Waals surface area contributed by atoms with E-state index in [1.807, 2.05) is 0 Å². The molecule has 0 atom stereocenters. The summed E-state index contributed by atoms with van der Waals surface area (Å²) in [6.45, 7) is 6.04. The number of amides is 3. The zero-order valence-electron chi connectivity index (χ0n) is 20.3. The summed E-state index contributed by atoms with van der Waals surface area (Å²) in [5.74, 6) is -2.38. The molecule has 0 aliphatic carbocycles. The number of ketones is 1. The summed E-state index contributed by atoms with van der Waals surface area (Å²) < 4.78 is 19.5. The third-order valence-electron chi connectivity index (χ3n) is 5.70. The minimum atomic E-state index is -0.799. The van der Waals surface area contributed by atoms with Gasteiger partial charge < -0.3 is 19.5 Å². The quantitative estimate of drug-likeness (QED) is 0.423. The molecule has 1 aliphatic rings. The van der Waals surface area contributed by atoms with E-state index < -0.39 is 29.2 Å². The number of benzene rings is 2. The number of anilines is 1. The summed E-state index contributed by atoms with van der Waals surface area (Å²) in [4.78, 5) is 56.4. The van der Waals surface area contributed by atoms with Gasteiger partial charge in [-0.15, -0.1) is 0 Å². The van der Waals surface area contributed by atoms with Gasteiger partial charge in [-0.2, -0.15) is 0 Å². The molecule has 1 aromatic heterocycles. The van der Waals surface area contributed by atoms with Crippen molar-refractivity contribution in [3.05, 3.63) is 65.6 Å². The van der Waals surface area contributed by atoms with Crippen molar-refractivity contribution in [2.75, 3.05) is 31.5 Å². The maximum Gasteiger partial charge on any atom is 0.412 e. The highest BCUT2D eigenvalue weighted by atomic mass is 19.1. The minimum Gasteiger partial charge on any atom is -0.444 e. The van der Waals surface area contributed by atoms with Gasteiger partial charge in [0.15, 0.2) is 0 Å². The Hall–Kier alpha value is -4.21. The summed E-state index contributed by atoms with van der Waals surface area (Å²) in [6.07, 6.45) is 0.713. The zero-order valence-corrected chi connectivity index (χ0v) is 20.3. The molecule has 0 unspecified atom stereocenters. The first kappa shape index (κ1) is 24.9. The van der Waals surface area contributed by atoms with Gasteiger partial charge in [0, 0.05) is 54.5 Å². The molecule has 9 nitrogen and oxygen atoms in total. The molecular weight excluding hydrogens is 467 g/mol. The second-order valence-electron chi connectivity index (χ2n) is 9.49. The number of aromatic amines is 1. The molecule has 188 valence electrons. The molecule has 1 fully saturated rings. The van der Waals surface area contributed by atoms with Gasteiger partial charge in [-0.1, -0.05) is 12.1 Å². The maximum absolute atomic E-state index is 14.2. The first-order chi connectivity index (χ1) is 17.0. The molecule has 36 heavy (non-hydrogen) atoms. The molecule has 0 radical (unpaired) electrons. The summed E-state index contributed by atoms with van der Waals surface area (Å²) in [5.41, 5.74) is 0.554. The van der Waals surface area contributed by atoms with Gasteiger partial charge in [0.05, 0.1) is 5.56 Å². The molecule has 2 aromatic carbocycles. The van der Waals surface area contributed by atoms with Crippen LogP contribution in [0.15, 0.2) is 48.7 Å². The number of Topliss-reactive ketones (excluding diaryl/α,β-unsaturated/α-hetero) is 1. The van der Waals surface area contributed by atoms with E-state index in [1.54, 1.807) is 56.0 Å². The van der Waals surface area contributed by atoms with E-state index in [0.717, 1.165) is 0 Å². The fourth-order valence-electron chi connectivity index (χ4n) is 4.02. The largest absolute Gasteiger partial charge is 0.444 e. The number of rotatable bonds is 4. The van der Waals surface area contributed by atoms with Crippen LogP contribution in [0.25, 0.3) is 10.9 Å². The highest BCUT2D eigenvalue weighted by Crippen LogP contribution is 2.23. The van der Waals surface area contributed by atoms with Crippen LogP contribution in [-0.2, 0) is 9.53 Å². The standard InChI is InChI=1S/C26H27FN4O5/c1-26(2,3)36-25(35)29-17-7-4-6-16(14-17)23(33)30-10-12-31(13-11-30)24(34)22(32)18-15-28-20-9-5-8-19(27)21(18)20/h4-9,14-15,28H,10-13H2,1-3H3,(H,29,35). The molecule has 2 N–H and O–H groups in total. The van der Waals surface area contributed by atoms with Crippen molar-refractivity contribution in [2.24, 2.45) is 0 Å². The van der Waals surface area contributed by atoms with Crippen LogP contribution in [0.4, 0.5) is 14.9 Å². The number of fused-ring (bicyclic) bond motifs is 1. The van der Waals surface area contributed by atoms with Crippen LogP contribution in [0.1, 0.15) is 41.5 Å². The Morgan fingerprint density at radius 2 is 1.64 bits per heavy atom. The van der Waals surface area contributed by atoms with Gasteiger partial charge >= 0.3 is 6.09 Å². The van der Waals surface area contributed by atoms with Crippen molar-refractivity contribution in [3.8, 4) is 0 Å². The number of aromatic nitrogens is 1. The zero-order chi connectivity index (χ0) is 26.0. The van der Waals surface area contributed by atoms with E-state index in [2.05, 4.69) is 10.3 Å². The molecule has 1 aliphatic heterocycles. The average Bonchev–Trinajstić information content (AvgIpc) is 3.27. The SMILES string of the molecule is CC(C)(C)OC(=O)Nc1cccc(C(=O)N2CCN(C(=O)C(=O)c3c[nH]c4cccc(F)c34)CC2)c1. The summed E-state index contributed by atoms with van der Waals surface area (Å²) >= 11 is 0. The van der Waals surface area contributed by atoms with Crippen LogP contribution in [-0.4, -0.2) is 70.3 Å². The highest BCUT2D eigenvalue weighted by molar-refractivity contribution is 6.44. The van der Waals surface area contributed by atoms with Crippen LogP contribution in [0.2, 0.25) is 0 Å². The Morgan fingerprint density at radius 1 is 0.972 bits per heavy atom. The fourth-order valence-corrected chi connectivity index (χ4v) is 4.02. The minimum absolute atomic E-state index is 0.0130. The molecule has 2 heterocycles. The molecule has 3 amide bonds. The number of ether oxygens (including phenoxy) is 1. The number of hydrogen-bond donors (Lipinski definition) is 2. The smallest absolute Gasteiger partial charge is 0.412 e. The average molecular weight is 495 g/mol. The Bertz CT molecular complexity index is 1340. The fraction of sp³-hybridized carbons (Fsp3) is 0.308. The number of nitrogens with one attached hydrogen (secondary N) is 2. The van der Waals surface area contributed by atoms with Gasteiger partial charge in [0.25, 0.3) is 17.6 Å². The van der Waals surface area contributed by atoms with E-state index >= 15 is 0 Å². The van der Waals surface area contributed by atoms with E-state index in [-0.39, 0.29) is 43.0 Å². The lowest BCUT2D eigenvalue weighted by molar-refractivity contribution is -0.127. The number of piperazine rings is 1.